The Morgan fingerprint density at radius 1 is 1.26 bits per heavy atom. The summed E-state index contributed by atoms with van der Waals surface area (Å²) in [6, 6.07) is 2.47. The number of rotatable bonds is 5. The molecule has 1 atom stereocenters. The molecule has 6 heteroatoms. The SMILES string of the molecule is CC(C)NC(=O)CNC(C)c1cc(F)c(Cl)cc1Cl. The Bertz CT molecular complexity index is 466. The maximum Gasteiger partial charge on any atom is 0.234 e. The number of halogens is 3. The molecule has 1 aromatic rings. The first-order valence-corrected chi connectivity index (χ1v) is 6.74. The van der Waals surface area contributed by atoms with Crippen LogP contribution in [0.5, 0.6) is 0 Å². The number of carbonyl (C=O) groups excluding carboxylic acids is 1. The summed E-state index contributed by atoms with van der Waals surface area (Å²) in [7, 11) is 0. The van der Waals surface area contributed by atoms with Crippen molar-refractivity contribution in [1.82, 2.24) is 10.6 Å². The number of nitrogens with one attached hydrogen (secondary N) is 2. The van der Waals surface area contributed by atoms with E-state index >= 15 is 0 Å². The summed E-state index contributed by atoms with van der Waals surface area (Å²) in [5, 5.41) is 6.10. The highest BCUT2D eigenvalue weighted by molar-refractivity contribution is 6.35. The van der Waals surface area contributed by atoms with Gasteiger partial charge in [-0.25, -0.2) is 4.39 Å². The fourth-order valence-electron chi connectivity index (χ4n) is 1.60. The van der Waals surface area contributed by atoms with Gasteiger partial charge in [-0.15, -0.1) is 0 Å². The van der Waals surface area contributed by atoms with Gasteiger partial charge in [0.1, 0.15) is 5.82 Å². The minimum absolute atomic E-state index is 0.0153. The standard InChI is InChI=1S/C13H17Cl2FN2O/c1-7(2)18-13(19)6-17-8(3)9-4-12(16)11(15)5-10(9)14/h4-5,7-8,17H,6H2,1-3H3,(H,18,19). The molecule has 0 aliphatic heterocycles. The topological polar surface area (TPSA) is 41.1 Å². The van der Waals surface area contributed by atoms with E-state index in [1.807, 2.05) is 13.8 Å². The van der Waals surface area contributed by atoms with E-state index in [-0.39, 0.29) is 29.6 Å². The second-order valence-electron chi connectivity index (χ2n) is 4.61. The Morgan fingerprint density at radius 2 is 1.89 bits per heavy atom. The normalized spacial score (nSPS) is 12.6. The van der Waals surface area contributed by atoms with Crippen LogP contribution in [0.25, 0.3) is 0 Å². The quantitative estimate of drug-likeness (QED) is 0.820. The minimum Gasteiger partial charge on any atom is -0.353 e. The van der Waals surface area contributed by atoms with E-state index in [0.29, 0.717) is 10.6 Å². The van der Waals surface area contributed by atoms with Gasteiger partial charge >= 0.3 is 0 Å². The maximum absolute atomic E-state index is 13.4. The van der Waals surface area contributed by atoms with E-state index in [9.17, 15) is 9.18 Å². The first kappa shape index (κ1) is 16.2. The van der Waals surface area contributed by atoms with Crippen LogP contribution in [0, 0.1) is 5.82 Å². The smallest absolute Gasteiger partial charge is 0.234 e. The Labute approximate surface area is 122 Å². The molecule has 0 aromatic heterocycles. The van der Waals surface area contributed by atoms with Crippen LogP contribution in [0.1, 0.15) is 32.4 Å². The summed E-state index contributed by atoms with van der Waals surface area (Å²) >= 11 is 11.6. The number of hydrogen-bond donors (Lipinski definition) is 2. The van der Waals surface area contributed by atoms with E-state index in [1.54, 1.807) is 6.92 Å². The molecule has 3 nitrogen and oxygen atoms in total. The number of benzene rings is 1. The summed E-state index contributed by atoms with van der Waals surface area (Å²) in [5.74, 6) is -0.645. The zero-order valence-corrected chi connectivity index (χ0v) is 12.6. The van der Waals surface area contributed by atoms with E-state index < -0.39 is 5.82 Å². The summed E-state index contributed by atoms with van der Waals surface area (Å²) < 4.78 is 13.4. The van der Waals surface area contributed by atoms with Gasteiger partial charge < -0.3 is 10.6 Å². The van der Waals surface area contributed by atoms with Crippen LogP contribution in [0.3, 0.4) is 0 Å². The number of amides is 1. The van der Waals surface area contributed by atoms with E-state index in [1.165, 1.54) is 12.1 Å². The van der Waals surface area contributed by atoms with Crippen LogP contribution < -0.4 is 10.6 Å². The molecule has 19 heavy (non-hydrogen) atoms. The van der Waals surface area contributed by atoms with E-state index in [0.717, 1.165) is 0 Å². The van der Waals surface area contributed by atoms with Crippen molar-refractivity contribution in [3.63, 3.8) is 0 Å². The van der Waals surface area contributed by atoms with Crippen molar-refractivity contribution in [1.29, 1.82) is 0 Å². The van der Waals surface area contributed by atoms with Gasteiger partial charge in [0.15, 0.2) is 0 Å². The molecule has 1 amide bonds. The van der Waals surface area contributed by atoms with Gasteiger partial charge in [0, 0.05) is 17.1 Å². The zero-order chi connectivity index (χ0) is 14.6. The Morgan fingerprint density at radius 3 is 2.47 bits per heavy atom. The second kappa shape index (κ2) is 7.08. The van der Waals surface area contributed by atoms with Crippen molar-refractivity contribution in [2.75, 3.05) is 6.54 Å². The third-order valence-corrected chi connectivity index (χ3v) is 3.14. The minimum atomic E-state index is -0.527. The molecule has 106 valence electrons. The molecule has 0 heterocycles. The van der Waals surface area contributed by atoms with Gasteiger partial charge in [-0.2, -0.15) is 0 Å². The molecular weight excluding hydrogens is 290 g/mol. The molecule has 1 rings (SSSR count). The predicted molar refractivity (Wildman–Crippen MR) is 76.1 cm³/mol. The Balaban J connectivity index is 2.66. The van der Waals surface area contributed by atoms with Crippen LogP contribution in [0.2, 0.25) is 10.0 Å². The first-order chi connectivity index (χ1) is 8.81. The summed E-state index contributed by atoms with van der Waals surface area (Å²) in [4.78, 5) is 11.5. The van der Waals surface area contributed by atoms with Crippen molar-refractivity contribution in [3.05, 3.63) is 33.6 Å². The van der Waals surface area contributed by atoms with Gasteiger partial charge in [-0.3, -0.25) is 4.79 Å². The molecule has 0 radical (unpaired) electrons. The summed E-state index contributed by atoms with van der Waals surface area (Å²) in [6.45, 7) is 5.71. The van der Waals surface area contributed by atoms with Gasteiger partial charge in [-0.05, 0) is 38.5 Å². The molecule has 0 fully saturated rings. The fraction of sp³-hybridized carbons (Fsp3) is 0.462. The molecule has 0 saturated carbocycles. The van der Waals surface area contributed by atoms with Gasteiger partial charge in [-0.1, -0.05) is 23.2 Å². The third kappa shape index (κ3) is 4.97. The Hall–Kier alpha value is -0.840. The van der Waals surface area contributed by atoms with E-state index in [4.69, 9.17) is 23.2 Å². The highest BCUT2D eigenvalue weighted by atomic mass is 35.5. The maximum atomic E-state index is 13.4. The molecule has 2 N–H and O–H groups in total. The average molecular weight is 307 g/mol. The number of carbonyl (C=O) groups is 1. The molecule has 0 saturated heterocycles. The first-order valence-electron chi connectivity index (χ1n) is 5.98. The lowest BCUT2D eigenvalue weighted by atomic mass is 10.1. The molecule has 1 unspecified atom stereocenters. The van der Waals surface area contributed by atoms with Crippen molar-refractivity contribution < 1.29 is 9.18 Å². The predicted octanol–water partition coefficient (Wildman–Crippen LogP) is 3.31. The number of hydrogen-bond acceptors (Lipinski definition) is 2. The zero-order valence-electron chi connectivity index (χ0n) is 11.1. The van der Waals surface area contributed by atoms with Gasteiger partial charge in [0.2, 0.25) is 5.91 Å². The molecular formula is C13H17Cl2FN2O. The van der Waals surface area contributed by atoms with Crippen LogP contribution in [-0.4, -0.2) is 18.5 Å². The average Bonchev–Trinajstić information content (AvgIpc) is 2.30. The largest absolute Gasteiger partial charge is 0.353 e. The van der Waals surface area contributed by atoms with Gasteiger partial charge in [0.25, 0.3) is 0 Å². The summed E-state index contributed by atoms with van der Waals surface area (Å²) in [6.07, 6.45) is 0. The highest BCUT2D eigenvalue weighted by Crippen LogP contribution is 2.28. The molecule has 0 aliphatic rings. The van der Waals surface area contributed by atoms with E-state index in [2.05, 4.69) is 10.6 Å². The second-order valence-corrected chi connectivity index (χ2v) is 5.43. The summed E-state index contributed by atoms with van der Waals surface area (Å²) in [5.41, 5.74) is 0.570. The lowest BCUT2D eigenvalue weighted by Crippen LogP contribution is -2.38. The monoisotopic (exact) mass is 306 g/mol. The fourth-order valence-corrected chi connectivity index (χ4v) is 2.15. The Kier molecular flexibility index (Phi) is 6.04. The van der Waals surface area contributed by atoms with Crippen LogP contribution in [-0.2, 0) is 4.79 Å². The van der Waals surface area contributed by atoms with Crippen molar-refractivity contribution in [2.45, 2.75) is 32.9 Å². The molecule has 0 aliphatic carbocycles. The molecule has 0 spiro atoms. The van der Waals surface area contributed by atoms with Crippen LogP contribution in [0.4, 0.5) is 4.39 Å². The van der Waals surface area contributed by atoms with Gasteiger partial charge in [0.05, 0.1) is 11.6 Å². The molecule has 0 bridgehead atoms. The van der Waals surface area contributed by atoms with Crippen molar-refractivity contribution >= 4 is 29.1 Å². The molecule has 1 aromatic carbocycles. The van der Waals surface area contributed by atoms with Crippen molar-refractivity contribution in [2.24, 2.45) is 0 Å². The third-order valence-electron chi connectivity index (χ3n) is 2.52. The lowest BCUT2D eigenvalue weighted by molar-refractivity contribution is -0.120. The van der Waals surface area contributed by atoms with Crippen LogP contribution in [0.15, 0.2) is 12.1 Å². The van der Waals surface area contributed by atoms with Crippen molar-refractivity contribution in [3.8, 4) is 0 Å². The highest BCUT2D eigenvalue weighted by Gasteiger charge is 2.14. The van der Waals surface area contributed by atoms with Crippen LogP contribution >= 0.6 is 23.2 Å². The lowest BCUT2D eigenvalue weighted by Gasteiger charge is -2.17.